The quantitative estimate of drug-likeness (QED) is 0.241. The number of aromatic hydroxyl groups is 4. The van der Waals surface area contributed by atoms with Crippen LogP contribution in [0.25, 0.3) is 0 Å². The topological polar surface area (TPSA) is 210 Å². The highest BCUT2D eigenvalue weighted by Gasteiger charge is 2.32. The van der Waals surface area contributed by atoms with Crippen LogP contribution >= 0.6 is 0 Å². The van der Waals surface area contributed by atoms with Crippen molar-refractivity contribution in [2.45, 2.75) is 32.1 Å². The van der Waals surface area contributed by atoms with Crippen molar-refractivity contribution >= 4 is 29.7 Å². The molecule has 1 fully saturated rings. The van der Waals surface area contributed by atoms with Crippen molar-refractivity contribution in [3.8, 4) is 23.5 Å². The van der Waals surface area contributed by atoms with Crippen LogP contribution in [0.3, 0.4) is 0 Å². The molecule has 0 aromatic carbocycles. The Hall–Kier alpha value is -4.73. The summed E-state index contributed by atoms with van der Waals surface area (Å²) in [6.07, 6.45) is -1.06. The number of amides is 2. The molecule has 2 amide bonds. The Balaban J connectivity index is 1.55. The maximum absolute atomic E-state index is 12.2. The zero-order valence-corrected chi connectivity index (χ0v) is 19.3. The molecule has 2 aromatic rings. The van der Waals surface area contributed by atoms with Gasteiger partial charge >= 0.3 is 17.9 Å². The third-order valence-electron chi connectivity index (χ3n) is 5.08. The maximum atomic E-state index is 12.2. The maximum Gasteiger partial charge on any atom is 0.334 e. The van der Waals surface area contributed by atoms with Crippen molar-refractivity contribution in [3.05, 3.63) is 24.3 Å². The molecule has 3 heterocycles. The van der Waals surface area contributed by atoms with E-state index in [0.717, 1.165) is 24.3 Å². The minimum Gasteiger partial charge on any atom is -0.492 e. The lowest BCUT2D eigenvalue weighted by Gasteiger charge is -2.21. The number of rotatable bonds is 12. The third kappa shape index (κ3) is 7.14. The van der Waals surface area contributed by atoms with Crippen molar-refractivity contribution in [1.82, 2.24) is 19.4 Å². The van der Waals surface area contributed by atoms with Gasteiger partial charge in [0, 0.05) is 56.7 Å². The second-order valence-electron chi connectivity index (χ2n) is 7.75. The molecule has 0 radical (unpaired) electrons. The van der Waals surface area contributed by atoms with Crippen LogP contribution in [0, 0.1) is 0 Å². The molecule has 4 N–H and O–H groups in total. The van der Waals surface area contributed by atoms with Crippen LogP contribution in [0.4, 0.5) is 0 Å². The molecule has 0 bridgehead atoms. The highest BCUT2D eigenvalue weighted by Crippen LogP contribution is 2.20. The normalized spacial score (nSPS) is 13.3. The second-order valence-corrected chi connectivity index (χ2v) is 7.75. The first kappa shape index (κ1) is 26.9. The van der Waals surface area contributed by atoms with Gasteiger partial charge < -0.3 is 39.8 Å². The van der Waals surface area contributed by atoms with Gasteiger partial charge in [0.15, 0.2) is 0 Å². The van der Waals surface area contributed by atoms with E-state index < -0.39 is 53.2 Å². The summed E-state index contributed by atoms with van der Waals surface area (Å²) < 4.78 is 1.00. The molecule has 2 aromatic heterocycles. The van der Waals surface area contributed by atoms with Crippen molar-refractivity contribution in [2.24, 2.45) is 0 Å². The summed E-state index contributed by atoms with van der Waals surface area (Å²) in [6, 6.07) is 4.40. The summed E-state index contributed by atoms with van der Waals surface area (Å²) in [4.78, 5) is 75.7. The van der Waals surface area contributed by atoms with Crippen LogP contribution in [0.2, 0.25) is 0 Å². The minimum atomic E-state index is -0.900. The lowest BCUT2D eigenvalue weighted by atomic mass is 10.3. The molecule has 0 spiro atoms. The fraction of sp³-hybridized carbons (Fsp3) is 0.381. The molecule has 16 heteroatoms. The highest BCUT2D eigenvalue weighted by atomic mass is 16.7. The molecule has 3 rings (SSSR count). The van der Waals surface area contributed by atoms with Crippen LogP contribution < -0.4 is 9.68 Å². The summed E-state index contributed by atoms with van der Waals surface area (Å²) in [5.41, 5.74) is 0. The Morgan fingerprint density at radius 3 is 1.32 bits per heavy atom. The van der Waals surface area contributed by atoms with E-state index in [2.05, 4.69) is 0 Å². The molecular formula is C21H24N4O12. The fourth-order valence-corrected chi connectivity index (χ4v) is 3.17. The minimum absolute atomic E-state index is 0.0657. The molecule has 1 aliphatic rings. The summed E-state index contributed by atoms with van der Waals surface area (Å²) in [5.74, 6) is -6.00. The Morgan fingerprint density at radius 2 is 0.973 bits per heavy atom. The van der Waals surface area contributed by atoms with Gasteiger partial charge in [-0.2, -0.15) is 0 Å². The number of nitrogens with zero attached hydrogens (tertiary/aromatic N) is 4. The van der Waals surface area contributed by atoms with E-state index in [0.29, 0.717) is 14.5 Å². The lowest BCUT2D eigenvalue weighted by Crippen LogP contribution is -2.36. The van der Waals surface area contributed by atoms with Crippen molar-refractivity contribution in [1.29, 1.82) is 0 Å². The molecule has 0 saturated carbocycles. The van der Waals surface area contributed by atoms with Gasteiger partial charge in [0.05, 0.1) is 19.3 Å². The summed E-state index contributed by atoms with van der Waals surface area (Å²) in [7, 11) is 0. The molecule has 0 aliphatic carbocycles. The van der Waals surface area contributed by atoms with E-state index in [9.17, 15) is 44.4 Å². The molecule has 0 unspecified atom stereocenters. The van der Waals surface area contributed by atoms with Gasteiger partial charge in [0.2, 0.25) is 23.5 Å². The smallest absolute Gasteiger partial charge is 0.334 e. The Labute approximate surface area is 208 Å². The van der Waals surface area contributed by atoms with Gasteiger partial charge in [0.25, 0.3) is 11.8 Å². The van der Waals surface area contributed by atoms with Gasteiger partial charge in [-0.15, -0.1) is 14.5 Å². The SMILES string of the molecule is O=C(CCN(CCC(=O)On1c(O)ccc1O)CCC(=O)On1c(O)ccc1O)ON1C(=O)CCC1=O. The molecule has 37 heavy (non-hydrogen) atoms. The number of hydrogen-bond acceptors (Lipinski definition) is 13. The standard InChI is InChI=1S/C21H24N4O12/c26-13-1-2-14(27)23(13)35-19(32)7-10-22(11-8-20(33)36-24-15(28)3-4-16(24)29)12-9-21(34)37-25-17(30)5-6-18(25)31/h1-4,26-29H,5-12H2. The molecule has 1 aliphatic heterocycles. The first-order valence-corrected chi connectivity index (χ1v) is 11.0. The Kier molecular flexibility index (Phi) is 8.57. The van der Waals surface area contributed by atoms with E-state index in [1.165, 1.54) is 4.90 Å². The van der Waals surface area contributed by atoms with E-state index >= 15 is 0 Å². The predicted molar refractivity (Wildman–Crippen MR) is 116 cm³/mol. The lowest BCUT2D eigenvalue weighted by molar-refractivity contribution is -0.197. The second kappa shape index (κ2) is 11.8. The summed E-state index contributed by atoms with van der Waals surface area (Å²) >= 11 is 0. The molecule has 0 atom stereocenters. The van der Waals surface area contributed by atoms with Crippen LogP contribution in [0.15, 0.2) is 24.3 Å². The molecule has 200 valence electrons. The number of hydroxylamine groups is 2. The Morgan fingerprint density at radius 1 is 0.649 bits per heavy atom. The zero-order chi connectivity index (χ0) is 27.1. The zero-order valence-electron chi connectivity index (χ0n) is 19.3. The molecule has 16 nitrogen and oxygen atoms in total. The number of hydrogen-bond donors (Lipinski definition) is 4. The summed E-state index contributed by atoms with van der Waals surface area (Å²) in [6.45, 7) is -0.205. The monoisotopic (exact) mass is 524 g/mol. The van der Waals surface area contributed by atoms with Gasteiger partial charge in [-0.1, -0.05) is 0 Å². The van der Waals surface area contributed by atoms with E-state index in [4.69, 9.17) is 14.5 Å². The number of imide groups is 1. The van der Waals surface area contributed by atoms with Crippen LogP contribution in [0.1, 0.15) is 32.1 Å². The van der Waals surface area contributed by atoms with Crippen LogP contribution in [-0.4, -0.2) is 89.2 Å². The van der Waals surface area contributed by atoms with Crippen molar-refractivity contribution < 1.29 is 58.9 Å². The number of aromatic nitrogens is 2. The van der Waals surface area contributed by atoms with E-state index in [-0.39, 0.29) is 51.7 Å². The Bertz CT molecular complexity index is 1070. The highest BCUT2D eigenvalue weighted by molar-refractivity contribution is 6.01. The predicted octanol–water partition coefficient (Wildman–Crippen LogP) is -1.20. The number of carbonyl (C=O) groups excluding carboxylic acids is 5. The fourth-order valence-electron chi connectivity index (χ4n) is 3.17. The van der Waals surface area contributed by atoms with Crippen LogP contribution in [0.5, 0.6) is 23.5 Å². The van der Waals surface area contributed by atoms with E-state index in [1.807, 2.05) is 0 Å². The van der Waals surface area contributed by atoms with Crippen LogP contribution in [-0.2, 0) is 28.8 Å². The van der Waals surface area contributed by atoms with Gasteiger partial charge in [-0.05, 0) is 0 Å². The van der Waals surface area contributed by atoms with E-state index in [1.54, 1.807) is 0 Å². The average molecular weight is 524 g/mol. The molecular weight excluding hydrogens is 500 g/mol. The van der Waals surface area contributed by atoms with Crippen molar-refractivity contribution in [3.63, 3.8) is 0 Å². The number of carbonyl (C=O) groups is 5. The van der Waals surface area contributed by atoms with Gasteiger partial charge in [-0.25, -0.2) is 14.4 Å². The molecule has 1 saturated heterocycles. The average Bonchev–Trinajstić information content (AvgIpc) is 3.46. The first-order valence-electron chi connectivity index (χ1n) is 11.0. The van der Waals surface area contributed by atoms with Crippen molar-refractivity contribution in [2.75, 3.05) is 19.6 Å². The van der Waals surface area contributed by atoms with Gasteiger partial charge in [0.1, 0.15) is 0 Å². The third-order valence-corrected chi connectivity index (χ3v) is 5.08. The first-order chi connectivity index (χ1) is 17.5. The summed E-state index contributed by atoms with van der Waals surface area (Å²) in [5, 5.41) is 38.7. The van der Waals surface area contributed by atoms with Gasteiger partial charge in [-0.3, -0.25) is 9.59 Å². The largest absolute Gasteiger partial charge is 0.492 e.